The van der Waals surface area contributed by atoms with E-state index in [-0.39, 0.29) is 10.9 Å². The van der Waals surface area contributed by atoms with E-state index in [1.807, 2.05) is 0 Å². The van der Waals surface area contributed by atoms with E-state index in [9.17, 15) is 8.42 Å². The summed E-state index contributed by atoms with van der Waals surface area (Å²) < 4.78 is 27.5. The third-order valence-electron chi connectivity index (χ3n) is 3.19. The predicted octanol–water partition coefficient (Wildman–Crippen LogP) is 3.27. The predicted molar refractivity (Wildman–Crippen MR) is 85.8 cm³/mol. The number of halogens is 1. The maximum atomic E-state index is 12.4. The highest BCUT2D eigenvalue weighted by molar-refractivity contribution is 7.89. The Labute approximate surface area is 130 Å². The zero-order valence-corrected chi connectivity index (χ0v) is 13.4. The summed E-state index contributed by atoms with van der Waals surface area (Å²) in [7, 11) is -3.61. The van der Waals surface area contributed by atoms with Crippen LogP contribution in [0.15, 0.2) is 47.4 Å². The number of rotatable bonds is 4. The van der Waals surface area contributed by atoms with Crippen LogP contribution in [0.3, 0.4) is 0 Å². The second kappa shape index (κ2) is 6.05. The first-order valence-corrected chi connectivity index (χ1v) is 8.29. The molecule has 0 aliphatic rings. The zero-order chi connectivity index (χ0) is 15.6. The Morgan fingerprint density at radius 1 is 1.14 bits per heavy atom. The van der Waals surface area contributed by atoms with Crippen molar-refractivity contribution in [2.24, 2.45) is 0 Å². The summed E-state index contributed by atoms with van der Waals surface area (Å²) in [6.45, 7) is 3.50. The van der Waals surface area contributed by atoms with Gasteiger partial charge in [-0.05, 0) is 55.3 Å². The van der Waals surface area contributed by atoms with E-state index in [2.05, 4.69) is 4.72 Å². The van der Waals surface area contributed by atoms with Crippen LogP contribution < -0.4 is 10.5 Å². The van der Waals surface area contributed by atoms with Crippen molar-refractivity contribution in [3.8, 4) is 0 Å². The zero-order valence-electron chi connectivity index (χ0n) is 11.8. The van der Waals surface area contributed by atoms with E-state index < -0.39 is 10.0 Å². The molecule has 2 aromatic carbocycles. The Morgan fingerprint density at radius 2 is 1.76 bits per heavy atom. The van der Waals surface area contributed by atoms with Crippen molar-refractivity contribution in [1.82, 2.24) is 4.72 Å². The molecule has 0 radical (unpaired) electrons. The third-order valence-corrected chi connectivity index (χ3v) is 5.13. The van der Waals surface area contributed by atoms with Crippen molar-refractivity contribution in [3.05, 3.63) is 58.6 Å². The van der Waals surface area contributed by atoms with Crippen LogP contribution in [0.5, 0.6) is 0 Å². The standard InChI is InChI=1S/C15H17ClN2O2S/c1-10-9-13(16)5-8-15(10)21(19,20)18-11(2)12-3-6-14(17)7-4-12/h3-9,11,18H,17H2,1-2H3. The van der Waals surface area contributed by atoms with E-state index in [1.54, 1.807) is 50.2 Å². The molecule has 0 saturated carbocycles. The molecular formula is C15H17ClN2O2S. The fraction of sp³-hybridized carbons (Fsp3) is 0.200. The molecule has 0 spiro atoms. The van der Waals surface area contributed by atoms with E-state index in [4.69, 9.17) is 17.3 Å². The third kappa shape index (κ3) is 3.75. The van der Waals surface area contributed by atoms with Gasteiger partial charge in [0.1, 0.15) is 0 Å². The van der Waals surface area contributed by atoms with Gasteiger partial charge in [0.2, 0.25) is 10.0 Å². The van der Waals surface area contributed by atoms with Crippen molar-refractivity contribution in [2.45, 2.75) is 24.8 Å². The van der Waals surface area contributed by atoms with Gasteiger partial charge in [0, 0.05) is 16.8 Å². The smallest absolute Gasteiger partial charge is 0.241 e. The van der Waals surface area contributed by atoms with Crippen LogP contribution in [0.25, 0.3) is 0 Å². The summed E-state index contributed by atoms with van der Waals surface area (Å²) in [4.78, 5) is 0.231. The highest BCUT2D eigenvalue weighted by atomic mass is 35.5. The molecule has 0 amide bonds. The van der Waals surface area contributed by atoms with Crippen LogP contribution >= 0.6 is 11.6 Å². The number of nitrogens with one attached hydrogen (secondary N) is 1. The number of aryl methyl sites for hydroxylation is 1. The van der Waals surface area contributed by atoms with E-state index in [0.29, 0.717) is 16.3 Å². The molecule has 2 aromatic rings. The van der Waals surface area contributed by atoms with Crippen molar-refractivity contribution >= 4 is 27.3 Å². The number of hydrogen-bond acceptors (Lipinski definition) is 3. The molecule has 0 bridgehead atoms. The van der Waals surface area contributed by atoms with Gasteiger partial charge in [-0.2, -0.15) is 0 Å². The molecule has 21 heavy (non-hydrogen) atoms. The molecule has 0 aliphatic heterocycles. The average molecular weight is 325 g/mol. The van der Waals surface area contributed by atoms with E-state index in [0.717, 1.165) is 5.56 Å². The molecule has 1 unspecified atom stereocenters. The normalized spacial score (nSPS) is 13.1. The summed E-state index contributed by atoms with van der Waals surface area (Å²) in [5.74, 6) is 0. The van der Waals surface area contributed by atoms with Gasteiger partial charge < -0.3 is 5.73 Å². The van der Waals surface area contributed by atoms with Gasteiger partial charge in [-0.25, -0.2) is 13.1 Å². The topological polar surface area (TPSA) is 72.2 Å². The molecule has 0 saturated heterocycles. The largest absolute Gasteiger partial charge is 0.399 e. The first-order chi connectivity index (χ1) is 9.79. The van der Waals surface area contributed by atoms with Gasteiger partial charge in [-0.3, -0.25) is 0 Å². The second-order valence-corrected chi connectivity index (χ2v) is 7.04. The molecule has 6 heteroatoms. The fourth-order valence-electron chi connectivity index (χ4n) is 2.06. The Balaban J connectivity index is 2.26. The van der Waals surface area contributed by atoms with Gasteiger partial charge in [0.25, 0.3) is 0 Å². The van der Waals surface area contributed by atoms with Crippen molar-refractivity contribution < 1.29 is 8.42 Å². The van der Waals surface area contributed by atoms with Gasteiger partial charge >= 0.3 is 0 Å². The quantitative estimate of drug-likeness (QED) is 0.848. The van der Waals surface area contributed by atoms with Crippen LogP contribution in [0.4, 0.5) is 5.69 Å². The molecular weight excluding hydrogens is 308 g/mol. The van der Waals surface area contributed by atoms with Gasteiger partial charge in [0.05, 0.1) is 4.90 Å². The number of hydrogen-bond donors (Lipinski definition) is 2. The lowest BCUT2D eigenvalue weighted by Gasteiger charge is -2.16. The van der Waals surface area contributed by atoms with Crippen LogP contribution in [0.1, 0.15) is 24.1 Å². The molecule has 0 fully saturated rings. The highest BCUT2D eigenvalue weighted by Gasteiger charge is 2.20. The first-order valence-electron chi connectivity index (χ1n) is 6.43. The van der Waals surface area contributed by atoms with Crippen LogP contribution in [-0.4, -0.2) is 8.42 Å². The molecule has 0 aromatic heterocycles. The van der Waals surface area contributed by atoms with E-state index >= 15 is 0 Å². The lowest BCUT2D eigenvalue weighted by molar-refractivity contribution is 0.566. The Morgan fingerprint density at radius 3 is 2.33 bits per heavy atom. The Bertz CT molecular complexity index is 743. The maximum absolute atomic E-state index is 12.4. The van der Waals surface area contributed by atoms with Crippen molar-refractivity contribution in [1.29, 1.82) is 0 Å². The summed E-state index contributed by atoms with van der Waals surface area (Å²) in [6.07, 6.45) is 0. The molecule has 112 valence electrons. The minimum atomic E-state index is -3.61. The summed E-state index contributed by atoms with van der Waals surface area (Å²) >= 11 is 5.86. The molecule has 4 nitrogen and oxygen atoms in total. The number of benzene rings is 2. The van der Waals surface area contributed by atoms with Gasteiger partial charge in [-0.1, -0.05) is 23.7 Å². The maximum Gasteiger partial charge on any atom is 0.241 e. The molecule has 3 N–H and O–H groups in total. The van der Waals surface area contributed by atoms with Crippen LogP contribution in [-0.2, 0) is 10.0 Å². The average Bonchev–Trinajstić information content (AvgIpc) is 2.38. The monoisotopic (exact) mass is 324 g/mol. The SMILES string of the molecule is Cc1cc(Cl)ccc1S(=O)(=O)NC(C)c1ccc(N)cc1. The van der Waals surface area contributed by atoms with Crippen LogP contribution in [0, 0.1) is 6.92 Å². The molecule has 2 rings (SSSR count). The minimum absolute atomic E-state index is 0.231. The molecule has 0 heterocycles. The van der Waals surface area contributed by atoms with Crippen molar-refractivity contribution in [3.63, 3.8) is 0 Å². The second-order valence-electron chi connectivity index (χ2n) is 4.92. The summed E-state index contributed by atoms with van der Waals surface area (Å²) in [5.41, 5.74) is 7.73. The van der Waals surface area contributed by atoms with E-state index in [1.165, 1.54) is 6.07 Å². The molecule has 1 atom stereocenters. The Kier molecular flexibility index (Phi) is 4.56. The number of nitrogens with two attached hydrogens (primary N) is 1. The summed E-state index contributed by atoms with van der Waals surface area (Å²) in [5, 5.41) is 0.512. The molecule has 0 aliphatic carbocycles. The van der Waals surface area contributed by atoms with Crippen LogP contribution in [0.2, 0.25) is 5.02 Å². The first kappa shape index (κ1) is 15.8. The van der Waals surface area contributed by atoms with Gasteiger partial charge in [0.15, 0.2) is 0 Å². The van der Waals surface area contributed by atoms with Gasteiger partial charge in [-0.15, -0.1) is 0 Å². The fourth-order valence-corrected chi connectivity index (χ4v) is 3.75. The lowest BCUT2D eigenvalue weighted by Crippen LogP contribution is -2.27. The number of nitrogen functional groups attached to an aromatic ring is 1. The van der Waals surface area contributed by atoms with Crippen molar-refractivity contribution in [2.75, 3.05) is 5.73 Å². The lowest BCUT2D eigenvalue weighted by atomic mass is 10.1. The number of sulfonamides is 1. The minimum Gasteiger partial charge on any atom is -0.399 e. The summed E-state index contributed by atoms with van der Waals surface area (Å²) in [6, 6.07) is 11.4. The highest BCUT2D eigenvalue weighted by Crippen LogP contribution is 2.22. The Hall–Kier alpha value is -1.56. The number of anilines is 1.